The lowest BCUT2D eigenvalue weighted by Gasteiger charge is -2.06. The molecule has 6 nitrogen and oxygen atoms in total. The normalized spacial score (nSPS) is 10.7. The lowest BCUT2D eigenvalue weighted by molar-refractivity contribution is -0.115. The van der Waals surface area contributed by atoms with Crippen molar-refractivity contribution in [3.05, 3.63) is 84.3 Å². The molecule has 0 aliphatic heterocycles. The fourth-order valence-electron chi connectivity index (χ4n) is 2.87. The Morgan fingerprint density at radius 3 is 2.69 bits per heavy atom. The molecule has 0 aliphatic carbocycles. The van der Waals surface area contributed by atoms with Gasteiger partial charge in [0.2, 0.25) is 11.8 Å². The molecule has 0 saturated heterocycles. The van der Waals surface area contributed by atoms with Crippen molar-refractivity contribution >= 4 is 11.8 Å². The van der Waals surface area contributed by atoms with Crippen LogP contribution in [-0.2, 0) is 11.2 Å². The number of halogens is 2. The second kappa shape index (κ2) is 7.97. The van der Waals surface area contributed by atoms with Gasteiger partial charge in [0.05, 0.1) is 17.7 Å². The van der Waals surface area contributed by atoms with Crippen LogP contribution in [0.2, 0.25) is 0 Å². The molecule has 144 valence electrons. The highest BCUT2D eigenvalue weighted by Crippen LogP contribution is 2.36. The van der Waals surface area contributed by atoms with Crippen molar-refractivity contribution in [2.75, 3.05) is 5.32 Å². The largest absolute Gasteiger partial charge is 0.337 e. The lowest BCUT2D eigenvalue weighted by Crippen LogP contribution is -2.15. The molecule has 0 fully saturated rings. The van der Waals surface area contributed by atoms with Crippen LogP contribution in [0.25, 0.3) is 22.5 Å². The second-order valence-corrected chi connectivity index (χ2v) is 6.16. The average Bonchev–Trinajstić information content (AvgIpc) is 3.14. The van der Waals surface area contributed by atoms with Crippen LogP contribution < -0.4 is 5.32 Å². The minimum absolute atomic E-state index is 0.0318. The summed E-state index contributed by atoms with van der Waals surface area (Å²) in [6, 6.07) is 13.4. The first-order chi connectivity index (χ1) is 14.1. The number of carbonyl (C=O) groups is 1. The third-order valence-electron chi connectivity index (χ3n) is 4.19. The molecule has 2 heterocycles. The fourth-order valence-corrected chi connectivity index (χ4v) is 2.87. The molecule has 0 bridgehead atoms. The molecule has 0 saturated carbocycles. The number of nitrogens with one attached hydrogen (secondary N) is 1. The van der Waals surface area contributed by atoms with Gasteiger partial charge in [-0.25, -0.2) is 18.7 Å². The molecule has 8 heteroatoms. The van der Waals surface area contributed by atoms with Crippen LogP contribution in [0.15, 0.2) is 71.6 Å². The Morgan fingerprint density at radius 1 is 1.07 bits per heavy atom. The molecule has 2 aromatic heterocycles. The van der Waals surface area contributed by atoms with Crippen LogP contribution in [0.5, 0.6) is 0 Å². The zero-order valence-corrected chi connectivity index (χ0v) is 15.0. The first-order valence-corrected chi connectivity index (χ1v) is 8.67. The standard InChI is InChI=1S/C21H14F2N4O2/c22-15-6-3-5-14(10-15)20-19(17-8-9-24-12-25-17)21(29-27-20)26-18(28)11-13-4-1-2-7-16(13)23/h1-10,12H,11H2,(H,26,28). The minimum atomic E-state index is -0.493. The van der Waals surface area contributed by atoms with E-state index in [2.05, 4.69) is 20.4 Å². The number of anilines is 1. The molecule has 0 unspecified atom stereocenters. The molecule has 1 N–H and O–H groups in total. The zero-order chi connectivity index (χ0) is 20.2. The number of carbonyl (C=O) groups excluding carboxylic acids is 1. The van der Waals surface area contributed by atoms with Crippen molar-refractivity contribution < 1.29 is 18.1 Å². The van der Waals surface area contributed by atoms with Crippen molar-refractivity contribution in [3.63, 3.8) is 0 Å². The number of benzene rings is 2. The van der Waals surface area contributed by atoms with Crippen molar-refractivity contribution in [3.8, 4) is 22.5 Å². The smallest absolute Gasteiger partial charge is 0.241 e. The van der Waals surface area contributed by atoms with Crippen LogP contribution in [0.4, 0.5) is 14.7 Å². The van der Waals surface area contributed by atoms with Crippen molar-refractivity contribution in [2.45, 2.75) is 6.42 Å². The average molecular weight is 392 g/mol. The molecule has 0 radical (unpaired) electrons. The molecular formula is C21H14F2N4O2. The van der Waals surface area contributed by atoms with Gasteiger partial charge < -0.3 is 4.52 Å². The van der Waals surface area contributed by atoms with Gasteiger partial charge in [-0.15, -0.1) is 0 Å². The van der Waals surface area contributed by atoms with E-state index in [4.69, 9.17) is 4.52 Å². The molecule has 0 atom stereocenters. The van der Waals surface area contributed by atoms with E-state index in [9.17, 15) is 13.6 Å². The Kier molecular flexibility index (Phi) is 5.07. The zero-order valence-electron chi connectivity index (χ0n) is 15.0. The van der Waals surface area contributed by atoms with Crippen LogP contribution in [0, 0.1) is 11.6 Å². The summed E-state index contributed by atoms with van der Waals surface area (Å²) in [6.07, 6.45) is 2.67. The van der Waals surface area contributed by atoms with Crippen LogP contribution in [-0.4, -0.2) is 21.0 Å². The number of aromatic nitrogens is 3. The Morgan fingerprint density at radius 2 is 1.93 bits per heavy atom. The van der Waals surface area contributed by atoms with E-state index in [-0.39, 0.29) is 17.9 Å². The lowest BCUT2D eigenvalue weighted by atomic mass is 10.0. The summed E-state index contributed by atoms with van der Waals surface area (Å²) in [5, 5.41) is 6.59. The molecule has 29 heavy (non-hydrogen) atoms. The Bertz CT molecular complexity index is 1160. The summed E-state index contributed by atoms with van der Waals surface area (Å²) in [5.74, 6) is -1.38. The third-order valence-corrected chi connectivity index (χ3v) is 4.19. The SMILES string of the molecule is O=C(Cc1ccccc1F)Nc1onc(-c2cccc(F)c2)c1-c1ccncn1. The monoisotopic (exact) mass is 392 g/mol. The Balaban J connectivity index is 1.70. The molecule has 4 rings (SSSR count). The molecule has 0 spiro atoms. The molecule has 1 amide bonds. The maximum Gasteiger partial charge on any atom is 0.241 e. The number of hydrogen-bond donors (Lipinski definition) is 1. The highest BCUT2D eigenvalue weighted by atomic mass is 19.1. The molecule has 4 aromatic rings. The van der Waals surface area contributed by atoms with Gasteiger partial charge in [0.1, 0.15) is 23.7 Å². The van der Waals surface area contributed by atoms with Gasteiger partial charge in [-0.2, -0.15) is 0 Å². The van der Waals surface area contributed by atoms with Crippen LogP contribution in [0.3, 0.4) is 0 Å². The summed E-state index contributed by atoms with van der Waals surface area (Å²) in [7, 11) is 0. The van der Waals surface area contributed by atoms with Gasteiger partial charge in [-0.1, -0.05) is 35.5 Å². The second-order valence-electron chi connectivity index (χ2n) is 6.16. The van der Waals surface area contributed by atoms with E-state index in [0.29, 0.717) is 22.5 Å². The summed E-state index contributed by atoms with van der Waals surface area (Å²) in [6.45, 7) is 0. The topological polar surface area (TPSA) is 80.9 Å². The first-order valence-electron chi connectivity index (χ1n) is 8.67. The van der Waals surface area contributed by atoms with Crippen LogP contribution in [0.1, 0.15) is 5.56 Å². The van der Waals surface area contributed by atoms with Gasteiger partial charge >= 0.3 is 0 Å². The number of rotatable bonds is 5. The molecule has 2 aromatic carbocycles. The highest BCUT2D eigenvalue weighted by Gasteiger charge is 2.22. The summed E-state index contributed by atoms with van der Waals surface area (Å²) in [4.78, 5) is 20.5. The van der Waals surface area contributed by atoms with Gasteiger partial charge in [0.15, 0.2) is 0 Å². The number of amides is 1. The Labute approximate surface area is 164 Å². The van der Waals surface area contributed by atoms with Gasteiger partial charge in [0.25, 0.3) is 0 Å². The summed E-state index contributed by atoms with van der Waals surface area (Å²) >= 11 is 0. The maximum atomic E-state index is 13.8. The van der Waals surface area contributed by atoms with E-state index < -0.39 is 17.5 Å². The van der Waals surface area contributed by atoms with Gasteiger partial charge in [0, 0.05) is 11.8 Å². The Hall–Kier alpha value is -3.94. The van der Waals surface area contributed by atoms with Gasteiger partial charge in [-0.3, -0.25) is 10.1 Å². The minimum Gasteiger partial charge on any atom is -0.337 e. The summed E-state index contributed by atoms with van der Waals surface area (Å²) in [5.41, 5.74) is 1.82. The van der Waals surface area contributed by atoms with E-state index in [1.165, 1.54) is 36.8 Å². The van der Waals surface area contributed by atoms with Gasteiger partial charge in [-0.05, 0) is 29.8 Å². The molecular weight excluding hydrogens is 378 g/mol. The maximum absolute atomic E-state index is 13.8. The molecule has 0 aliphatic rings. The highest BCUT2D eigenvalue weighted by molar-refractivity contribution is 5.97. The van der Waals surface area contributed by atoms with E-state index in [1.54, 1.807) is 30.3 Å². The predicted octanol–water partition coefficient (Wildman–Crippen LogP) is 4.26. The predicted molar refractivity (Wildman–Crippen MR) is 102 cm³/mol. The van der Waals surface area contributed by atoms with Crippen molar-refractivity contribution in [1.29, 1.82) is 0 Å². The summed E-state index contributed by atoms with van der Waals surface area (Å²) < 4.78 is 32.8. The van der Waals surface area contributed by atoms with E-state index in [0.717, 1.165) is 0 Å². The first kappa shape index (κ1) is 18.4. The fraction of sp³-hybridized carbons (Fsp3) is 0.0476. The van der Waals surface area contributed by atoms with Crippen molar-refractivity contribution in [1.82, 2.24) is 15.1 Å². The quantitative estimate of drug-likeness (QED) is 0.549. The number of nitrogens with zero attached hydrogens (tertiary/aromatic N) is 3. The van der Waals surface area contributed by atoms with Crippen molar-refractivity contribution in [2.24, 2.45) is 0 Å². The van der Waals surface area contributed by atoms with E-state index >= 15 is 0 Å². The number of hydrogen-bond acceptors (Lipinski definition) is 5. The van der Waals surface area contributed by atoms with E-state index in [1.807, 2.05) is 0 Å². The third kappa shape index (κ3) is 4.01. The van der Waals surface area contributed by atoms with Crippen LogP contribution >= 0.6 is 0 Å².